The number of hydrogen-bond acceptors (Lipinski definition) is 4. The van der Waals surface area contributed by atoms with Gasteiger partial charge in [0.05, 0.1) is 0 Å². The van der Waals surface area contributed by atoms with Gasteiger partial charge in [0.15, 0.2) is 5.79 Å². The Morgan fingerprint density at radius 2 is 1.78 bits per heavy atom. The largest absolute Gasteiger partial charge is 0.343 e. The van der Waals surface area contributed by atoms with Gasteiger partial charge in [0.2, 0.25) is 0 Å². The summed E-state index contributed by atoms with van der Waals surface area (Å²) in [7, 11) is 0. The molecule has 5 nitrogen and oxygen atoms in total. The van der Waals surface area contributed by atoms with Crippen LogP contribution < -0.4 is 0 Å². The Kier molecular flexibility index (Phi) is 3.12. The monoisotopic (exact) mass is 251 g/mol. The zero-order chi connectivity index (χ0) is 13.4. The Morgan fingerprint density at radius 3 is 2.28 bits per heavy atom. The minimum Gasteiger partial charge on any atom is -0.343 e. The smallest absolute Gasteiger partial charge is 0.293 e. The van der Waals surface area contributed by atoms with Crippen molar-refractivity contribution in [2.45, 2.75) is 32.1 Å². The van der Waals surface area contributed by atoms with Crippen molar-refractivity contribution in [2.75, 3.05) is 13.2 Å². The lowest BCUT2D eigenvalue weighted by atomic mass is 9.88. The highest BCUT2D eigenvalue weighted by Crippen LogP contribution is 2.35. The number of benzene rings is 1. The van der Waals surface area contributed by atoms with Crippen molar-refractivity contribution >= 4 is 0 Å². The van der Waals surface area contributed by atoms with E-state index in [0.717, 1.165) is 5.56 Å². The van der Waals surface area contributed by atoms with E-state index >= 15 is 0 Å². The second-order valence-corrected chi connectivity index (χ2v) is 5.08. The van der Waals surface area contributed by atoms with E-state index in [1.807, 2.05) is 19.1 Å². The first-order chi connectivity index (χ1) is 8.37. The molecule has 1 heterocycles. The van der Waals surface area contributed by atoms with Crippen molar-refractivity contribution in [3.63, 3.8) is 0 Å². The molecule has 5 heteroatoms. The van der Waals surface area contributed by atoms with E-state index in [-0.39, 0.29) is 18.1 Å². The Hall–Kier alpha value is -1.46. The molecule has 1 aromatic carbocycles. The molecule has 0 bridgehead atoms. The molecule has 0 saturated carbocycles. The highest BCUT2D eigenvalue weighted by molar-refractivity contribution is 5.32. The lowest BCUT2D eigenvalue weighted by Gasteiger charge is -2.38. The van der Waals surface area contributed by atoms with Crippen molar-refractivity contribution in [1.82, 2.24) is 0 Å². The molecule has 2 rings (SSSR count). The van der Waals surface area contributed by atoms with Gasteiger partial charge in [-0.1, -0.05) is 24.3 Å². The molecule has 0 amide bonds. The second-order valence-electron chi connectivity index (χ2n) is 5.08. The standard InChI is InChI=1S/C13H17NO4/c1-10-6-4-5-7-11(10)13(14(15)16)8-17-12(2,3)18-9-13/h4-7H,8-9H2,1-3H3. The van der Waals surface area contributed by atoms with Crippen LogP contribution in [-0.2, 0) is 15.0 Å². The predicted octanol–water partition coefficient (Wildman–Crippen LogP) is 2.25. The van der Waals surface area contributed by atoms with Crippen LogP contribution in [0.4, 0.5) is 0 Å². The van der Waals surface area contributed by atoms with E-state index in [1.165, 1.54) is 0 Å². The molecule has 1 aromatic rings. The van der Waals surface area contributed by atoms with Gasteiger partial charge in [0.1, 0.15) is 13.2 Å². The predicted molar refractivity (Wildman–Crippen MR) is 65.8 cm³/mol. The van der Waals surface area contributed by atoms with Gasteiger partial charge in [-0.15, -0.1) is 0 Å². The van der Waals surface area contributed by atoms with Gasteiger partial charge in [0, 0.05) is 10.5 Å². The zero-order valence-electron chi connectivity index (χ0n) is 10.8. The summed E-state index contributed by atoms with van der Waals surface area (Å²) < 4.78 is 11.0. The summed E-state index contributed by atoms with van der Waals surface area (Å²) >= 11 is 0. The van der Waals surface area contributed by atoms with Crippen LogP contribution in [0.5, 0.6) is 0 Å². The molecule has 1 saturated heterocycles. The van der Waals surface area contributed by atoms with Crippen LogP contribution in [0.1, 0.15) is 25.0 Å². The van der Waals surface area contributed by atoms with E-state index in [2.05, 4.69) is 0 Å². The third-order valence-corrected chi connectivity index (χ3v) is 3.31. The van der Waals surface area contributed by atoms with E-state index in [9.17, 15) is 10.1 Å². The van der Waals surface area contributed by atoms with Crippen molar-refractivity contribution in [3.8, 4) is 0 Å². The molecule has 0 aliphatic carbocycles. The molecule has 0 spiro atoms. The van der Waals surface area contributed by atoms with Crippen molar-refractivity contribution in [1.29, 1.82) is 0 Å². The van der Waals surface area contributed by atoms with Gasteiger partial charge >= 0.3 is 0 Å². The van der Waals surface area contributed by atoms with Crippen molar-refractivity contribution < 1.29 is 14.4 Å². The lowest BCUT2D eigenvalue weighted by Crippen LogP contribution is -2.53. The number of rotatable bonds is 2. The number of ether oxygens (including phenoxy) is 2. The van der Waals surface area contributed by atoms with Crippen LogP contribution >= 0.6 is 0 Å². The Labute approximate surface area is 106 Å². The van der Waals surface area contributed by atoms with Gasteiger partial charge in [-0.3, -0.25) is 10.1 Å². The van der Waals surface area contributed by atoms with Crippen LogP contribution in [-0.4, -0.2) is 23.9 Å². The van der Waals surface area contributed by atoms with Gasteiger partial charge in [-0.25, -0.2) is 0 Å². The topological polar surface area (TPSA) is 61.6 Å². The summed E-state index contributed by atoms with van der Waals surface area (Å²) in [5.74, 6) is -0.762. The van der Waals surface area contributed by atoms with Crippen LogP contribution in [0.25, 0.3) is 0 Å². The van der Waals surface area contributed by atoms with Crippen LogP contribution in [0.3, 0.4) is 0 Å². The highest BCUT2D eigenvalue weighted by atomic mass is 16.7. The summed E-state index contributed by atoms with van der Waals surface area (Å²) in [6.07, 6.45) is 0. The fourth-order valence-electron chi connectivity index (χ4n) is 2.12. The molecule has 1 fully saturated rings. The van der Waals surface area contributed by atoms with Crippen LogP contribution in [0, 0.1) is 17.0 Å². The fraction of sp³-hybridized carbons (Fsp3) is 0.538. The molecule has 0 N–H and O–H groups in total. The second kappa shape index (κ2) is 4.33. The first-order valence-electron chi connectivity index (χ1n) is 5.86. The minimum atomic E-state index is -1.30. The third-order valence-electron chi connectivity index (χ3n) is 3.31. The SMILES string of the molecule is Cc1ccccc1C1([N+](=O)[O-])COC(C)(C)OC1. The lowest BCUT2D eigenvalue weighted by molar-refractivity contribution is -0.605. The first-order valence-corrected chi connectivity index (χ1v) is 5.86. The molecule has 0 radical (unpaired) electrons. The number of hydrogen-bond donors (Lipinski definition) is 0. The molecular weight excluding hydrogens is 234 g/mol. The quantitative estimate of drug-likeness (QED) is 0.597. The van der Waals surface area contributed by atoms with Crippen LogP contribution in [0.2, 0.25) is 0 Å². The normalized spacial score (nSPS) is 21.5. The maximum Gasteiger partial charge on any atom is 0.293 e. The average molecular weight is 251 g/mol. The molecule has 1 aliphatic rings. The van der Waals surface area contributed by atoms with Crippen molar-refractivity contribution in [3.05, 3.63) is 45.5 Å². The van der Waals surface area contributed by atoms with Crippen molar-refractivity contribution in [2.24, 2.45) is 0 Å². The molecule has 0 atom stereocenters. The zero-order valence-corrected chi connectivity index (χ0v) is 10.8. The third kappa shape index (κ3) is 2.11. The Bertz CT molecular complexity index is 460. The fourth-order valence-corrected chi connectivity index (χ4v) is 2.12. The summed E-state index contributed by atoms with van der Waals surface area (Å²) in [4.78, 5) is 11.2. The molecule has 98 valence electrons. The Morgan fingerprint density at radius 1 is 1.22 bits per heavy atom. The molecular formula is C13H17NO4. The minimum absolute atomic E-state index is 0.0256. The van der Waals surface area contributed by atoms with E-state index < -0.39 is 11.3 Å². The molecule has 0 aromatic heterocycles. The molecule has 1 aliphatic heterocycles. The summed E-state index contributed by atoms with van der Waals surface area (Å²) in [6.45, 7) is 5.43. The van der Waals surface area contributed by atoms with E-state index in [4.69, 9.17) is 9.47 Å². The number of nitro groups is 1. The maximum absolute atomic E-state index is 11.5. The first kappa shape index (κ1) is 13.0. The number of nitrogens with zero attached hydrogens (tertiary/aromatic N) is 1. The van der Waals surface area contributed by atoms with Gasteiger partial charge < -0.3 is 9.47 Å². The molecule has 18 heavy (non-hydrogen) atoms. The number of aryl methyl sites for hydroxylation is 1. The average Bonchev–Trinajstić information content (AvgIpc) is 2.30. The van der Waals surface area contributed by atoms with Crippen LogP contribution in [0.15, 0.2) is 24.3 Å². The highest BCUT2D eigenvalue weighted by Gasteiger charge is 2.52. The van der Waals surface area contributed by atoms with E-state index in [0.29, 0.717) is 5.56 Å². The maximum atomic E-state index is 11.5. The summed E-state index contributed by atoms with van der Waals surface area (Å²) in [5, 5.41) is 11.5. The summed E-state index contributed by atoms with van der Waals surface area (Å²) in [6, 6.07) is 7.29. The van der Waals surface area contributed by atoms with Gasteiger partial charge in [0.25, 0.3) is 5.54 Å². The van der Waals surface area contributed by atoms with Gasteiger partial charge in [-0.05, 0) is 26.3 Å². The van der Waals surface area contributed by atoms with E-state index in [1.54, 1.807) is 26.0 Å². The Balaban J connectivity index is 2.42. The summed E-state index contributed by atoms with van der Waals surface area (Å²) in [5.41, 5.74) is 0.229. The molecule has 0 unspecified atom stereocenters. The van der Waals surface area contributed by atoms with Gasteiger partial charge in [-0.2, -0.15) is 0 Å².